The Bertz CT molecular complexity index is 543. The summed E-state index contributed by atoms with van der Waals surface area (Å²) in [5, 5.41) is 0. The third-order valence-electron chi connectivity index (χ3n) is 5.84. The Balaban J connectivity index is 1.46. The molecule has 0 atom stereocenters. The van der Waals surface area contributed by atoms with Crippen molar-refractivity contribution in [2.45, 2.75) is 43.6 Å². The van der Waals surface area contributed by atoms with Crippen molar-refractivity contribution in [3.63, 3.8) is 0 Å². The Morgan fingerprint density at radius 1 is 1.00 bits per heavy atom. The van der Waals surface area contributed by atoms with Gasteiger partial charge in [-0.3, -0.25) is 4.90 Å². The minimum atomic E-state index is -0.311. The zero-order valence-electron chi connectivity index (χ0n) is 14.5. The predicted molar refractivity (Wildman–Crippen MR) is 90.1 cm³/mol. The third-order valence-corrected chi connectivity index (χ3v) is 5.84. The van der Waals surface area contributed by atoms with Gasteiger partial charge in [-0.05, 0) is 30.5 Å². The summed E-state index contributed by atoms with van der Waals surface area (Å²) in [6.07, 6.45) is 4.08. The molecule has 1 aliphatic carbocycles. The van der Waals surface area contributed by atoms with E-state index in [1.165, 1.54) is 5.56 Å². The van der Waals surface area contributed by atoms with Crippen molar-refractivity contribution in [3.8, 4) is 5.75 Å². The minimum absolute atomic E-state index is 0.124. The average molecular weight is 333 g/mol. The molecule has 24 heavy (non-hydrogen) atoms. The van der Waals surface area contributed by atoms with Crippen LogP contribution >= 0.6 is 0 Å². The molecule has 2 heterocycles. The lowest BCUT2D eigenvalue weighted by atomic mass is 9.77. The molecule has 0 bridgehead atoms. The van der Waals surface area contributed by atoms with E-state index in [1.807, 2.05) is 12.1 Å². The van der Waals surface area contributed by atoms with Crippen molar-refractivity contribution in [3.05, 3.63) is 29.8 Å². The Morgan fingerprint density at radius 3 is 2.38 bits per heavy atom. The van der Waals surface area contributed by atoms with Gasteiger partial charge in [0.05, 0.1) is 33.5 Å². The molecule has 0 N–H and O–H groups in total. The number of morpholine rings is 1. The second-order valence-corrected chi connectivity index (χ2v) is 7.15. The van der Waals surface area contributed by atoms with E-state index in [-0.39, 0.29) is 11.3 Å². The number of ether oxygens (including phenoxy) is 4. The second kappa shape index (κ2) is 6.64. The van der Waals surface area contributed by atoms with Crippen LogP contribution in [0.25, 0.3) is 0 Å². The van der Waals surface area contributed by atoms with Crippen LogP contribution in [0.5, 0.6) is 5.75 Å². The molecule has 2 aliphatic heterocycles. The Hall–Kier alpha value is -1.14. The Labute approximate surface area is 143 Å². The molecule has 0 amide bonds. The fourth-order valence-electron chi connectivity index (χ4n) is 4.31. The van der Waals surface area contributed by atoms with Gasteiger partial charge in [0, 0.05) is 31.5 Å². The van der Waals surface area contributed by atoms with Gasteiger partial charge in [-0.25, -0.2) is 0 Å². The van der Waals surface area contributed by atoms with Gasteiger partial charge in [-0.2, -0.15) is 0 Å². The lowest BCUT2D eigenvalue weighted by molar-refractivity contribution is -0.207. The Morgan fingerprint density at radius 2 is 1.71 bits per heavy atom. The number of benzene rings is 1. The molecule has 1 saturated carbocycles. The maximum Gasteiger partial charge on any atom is 0.168 e. The summed E-state index contributed by atoms with van der Waals surface area (Å²) in [4.78, 5) is 2.61. The number of hydrogen-bond donors (Lipinski definition) is 0. The van der Waals surface area contributed by atoms with E-state index < -0.39 is 0 Å². The van der Waals surface area contributed by atoms with E-state index in [4.69, 9.17) is 18.9 Å². The fourth-order valence-corrected chi connectivity index (χ4v) is 4.31. The number of nitrogens with zero attached hydrogens (tertiary/aromatic N) is 1. The smallest absolute Gasteiger partial charge is 0.168 e. The summed E-state index contributed by atoms with van der Waals surface area (Å²) in [6.45, 7) is 5.05. The van der Waals surface area contributed by atoms with Gasteiger partial charge in [0.2, 0.25) is 0 Å². The standard InChI is InChI=1S/C19H27NO4/c1-21-17-4-2-16(3-5-17)14-20-10-11-22-15-18(20)6-8-19(9-7-18)23-12-13-24-19/h2-5H,6-15H2,1H3. The molecule has 0 aromatic heterocycles. The van der Waals surface area contributed by atoms with E-state index in [0.29, 0.717) is 0 Å². The molecule has 2 saturated heterocycles. The molecule has 3 aliphatic rings. The van der Waals surface area contributed by atoms with Gasteiger partial charge >= 0.3 is 0 Å². The largest absolute Gasteiger partial charge is 0.497 e. The molecule has 4 rings (SSSR count). The SMILES string of the molecule is COc1ccc(CN2CCOCC23CCC2(CC3)OCCO2)cc1. The molecule has 0 unspecified atom stereocenters. The van der Waals surface area contributed by atoms with Crippen molar-refractivity contribution >= 4 is 0 Å². The summed E-state index contributed by atoms with van der Waals surface area (Å²) in [5.74, 6) is 0.597. The zero-order valence-corrected chi connectivity index (χ0v) is 14.5. The van der Waals surface area contributed by atoms with Crippen LogP contribution in [-0.4, -0.2) is 56.3 Å². The van der Waals surface area contributed by atoms with Gasteiger partial charge in [-0.15, -0.1) is 0 Å². The molecule has 132 valence electrons. The summed E-state index contributed by atoms with van der Waals surface area (Å²) in [5.41, 5.74) is 1.45. The first kappa shape index (κ1) is 16.3. The lowest BCUT2D eigenvalue weighted by Gasteiger charge is -2.52. The van der Waals surface area contributed by atoms with Crippen LogP contribution in [0.15, 0.2) is 24.3 Å². The second-order valence-electron chi connectivity index (χ2n) is 7.15. The topological polar surface area (TPSA) is 40.2 Å². The van der Waals surface area contributed by atoms with Gasteiger partial charge in [0.15, 0.2) is 5.79 Å². The first-order valence-corrected chi connectivity index (χ1v) is 8.97. The fraction of sp³-hybridized carbons (Fsp3) is 0.684. The molecule has 5 heteroatoms. The molecule has 5 nitrogen and oxygen atoms in total. The number of methoxy groups -OCH3 is 1. The highest BCUT2D eigenvalue weighted by Gasteiger charge is 2.49. The maximum atomic E-state index is 5.90. The quantitative estimate of drug-likeness (QED) is 0.850. The van der Waals surface area contributed by atoms with Crippen molar-refractivity contribution in [2.75, 3.05) is 40.1 Å². The van der Waals surface area contributed by atoms with Crippen molar-refractivity contribution < 1.29 is 18.9 Å². The highest BCUT2D eigenvalue weighted by atomic mass is 16.7. The van der Waals surface area contributed by atoms with Gasteiger partial charge < -0.3 is 18.9 Å². The van der Waals surface area contributed by atoms with Crippen LogP contribution in [0, 0.1) is 0 Å². The van der Waals surface area contributed by atoms with Crippen LogP contribution in [-0.2, 0) is 20.8 Å². The van der Waals surface area contributed by atoms with Crippen molar-refractivity contribution in [1.82, 2.24) is 4.90 Å². The van der Waals surface area contributed by atoms with Crippen LogP contribution < -0.4 is 4.74 Å². The van der Waals surface area contributed by atoms with E-state index in [1.54, 1.807) is 7.11 Å². The van der Waals surface area contributed by atoms with Crippen molar-refractivity contribution in [2.24, 2.45) is 0 Å². The van der Waals surface area contributed by atoms with Crippen LogP contribution in [0.4, 0.5) is 0 Å². The highest BCUT2D eigenvalue weighted by Crippen LogP contribution is 2.44. The van der Waals surface area contributed by atoms with E-state index in [2.05, 4.69) is 17.0 Å². The Kier molecular flexibility index (Phi) is 4.52. The van der Waals surface area contributed by atoms with Gasteiger partial charge in [0.1, 0.15) is 5.75 Å². The molecular formula is C19H27NO4. The normalized spacial score (nSPS) is 26.0. The van der Waals surface area contributed by atoms with E-state index in [9.17, 15) is 0 Å². The first-order valence-electron chi connectivity index (χ1n) is 8.97. The molecule has 0 radical (unpaired) electrons. The van der Waals surface area contributed by atoms with Gasteiger partial charge in [0.25, 0.3) is 0 Å². The monoisotopic (exact) mass is 333 g/mol. The zero-order chi connectivity index (χ0) is 16.5. The lowest BCUT2D eigenvalue weighted by Crippen LogP contribution is -2.60. The molecular weight excluding hydrogens is 306 g/mol. The molecule has 2 spiro atoms. The molecule has 3 fully saturated rings. The summed E-state index contributed by atoms with van der Waals surface area (Å²) < 4.78 is 22.9. The average Bonchev–Trinajstić information content (AvgIpc) is 3.09. The molecule has 1 aromatic carbocycles. The van der Waals surface area contributed by atoms with Crippen molar-refractivity contribution in [1.29, 1.82) is 0 Å². The van der Waals surface area contributed by atoms with Gasteiger partial charge in [-0.1, -0.05) is 12.1 Å². The third kappa shape index (κ3) is 3.06. The van der Waals surface area contributed by atoms with E-state index in [0.717, 1.165) is 70.9 Å². The summed E-state index contributed by atoms with van der Waals surface area (Å²) in [6, 6.07) is 8.40. The number of hydrogen-bond acceptors (Lipinski definition) is 5. The first-order chi connectivity index (χ1) is 11.7. The minimum Gasteiger partial charge on any atom is -0.497 e. The number of rotatable bonds is 3. The van der Waals surface area contributed by atoms with Crippen LogP contribution in [0.1, 0.15) is 31.2 Å². The summed E-state index contributed by atoms with van der Waals surface area (Å²) in [7, 11) is 1.71. The van der Waals surface area contributed by atoms with Crippen LogP contribution in [0.2, 0.25) is 0 Å². The highest BCUT2D eigenvalue weighted by molar-refractivity contribution is 5.27. The maximum absolute atomic E-state index is 5.90. The van der Waals surface area contributed by atoms with E-state index >= 15 is 0 Å². The predicted octanol–water partition coefficient (Wildman–Crippen LogP) is 2.58. The summed E-state index contributed by atoms with van der Waals surface area (Å²) >= 11 is 0. The molecule has 1 aromatic rings. The van der Waals surface area contributed by atoms with Crippen LogP contribution in [0.3, 0.4) is 0 Å².